The van der Waals surface area contributed by atoms with E-state index in [9.17, 15) is 9.90 Å². The Kier molecular flexibility index (Phi) is 2.75. The summed E-state index contributed by atoms with van der Waals surface area (Å²) in [6.07, 6.45) is 4.76. The number of carbonyl (C=O) groups is 1. The van der Waals surface area contributed by atoms with Crippen molar-refractivity contribution in [1.82, 2.24) is 4.57 Å². The Labute approximate surface area is 91.9 Å². The lowest BCUT2D eigenvalue weighted by atomic mass is 10.0. The molecule has 0 spiro atoms. The highest BCUT2D eigenvalue weighted by Crippen LogP contribution is 2.30. The number of hydrogen-bond acceptors (Lipinski definition) is 3. The fourth-order valence-electron chi connectivity index (χ4n) is 1.80. The zero-order chi connectivity index (χ0) is 10.9. The second-order valence-corrected chi connectivity index (χ2v) is 4.83. The minimum absolute atomic E-state index is 0.391. The third-order valence-electron chi connectivity index (χ3n) is 2.79. The molecule has 0 saturated heterocycles. The maximum atomic E-state index is 11.8. The van der Waals surface area contributed by atoms with Gasteiger partial charge in [-0.05, 0) is 25.7 Å². The first-order valence-corrected chi connectivity index (χ1v) is 5.91. The molecule has 5 heteroatoms. The third-order valence-corrected chi connectivity index (χ3v) is 3.63. The first kappa shape index (κ1) is 10.6. The van der Waals surface area contributed by atoms with Crippen molar-refractivity contribution >= 4 is 17.2 Å². The standard InChI is InChI=1S/C10H14N2O2S/c1-12-6-7-15-9(12)11-8(13)10(14)4-2-3-5-10/h6-7,14H,2-5H2,1H3. The van der Waals surface area contributed by atoms with Crippen molar-refractivity contribution in [2.45, 2.75) is 31.3 Å². The van der Waals surface area contributed by atoms with E-state index in [1.807, 2.05) is 18.6 Å². The first-order valence-electron chi connectivity index (χ1n) is 5.03. The van der Waals surface area contributed by atoms with Gasteiger partial charge in [-0.25, -0.2) is 0 Å². The SMILES string of the molecule is Cn1ccsc1=NC(=O)C1(O)CCCC1. The molecular formula is C10H14N2O2S. The minimum Gasteiger partial charge on any atom is -0.380 e. The summed E-state index contributed by atoms with van der Waals surface area (Å²) in [6.45, 7) is 0. The molecule has 4 nitrogen and oxygen atoms in total. The lowest BCUT2D eigenvalue weighted by Crippen LogP contribution is -2.35. The van der Waals surface area contributed by atoms with E-state index in [0.717, 1.165) is 12.8 Å². The molecule has 0 aromatic carbocycles. The van der Waals surface area contributed by atoms with Crippen LogP contribution in [0.15, 0.2) is 16.6 Å². The van der Waals surface area contributed by atoms with Crippen LogP contribution < -0.4 is 4.80 Å². The summed E-state index contributed by atoms with van der Waals surface area (Å²) in [7, 11) is 1.83. The monoisotopic (exact) mass is 226 g/mol. The molecule has 0 atom stereocenters. The summed E-state index contributed by atoms with van der Waals surface area (Å²) in [6, 6.07) is 0. The Balaban J connectivity index is 2.27. The smallest absolute Gasteiger partial charge is 0.280 e. The molecule has 1 fully saturated rings. The van der Waals surface area contributed by atoms with Gasteiger partial charge < -0.3 is 9.67 Å². The van der Waals surface area contributed by atoms with E-state index in [4.69, 9.17) is 0 Å². The van der Waals surface area contributed by atoms with Gasteiger partial charge in [-0.2, -0.15) is 4.99 Å². The summed E-state index contributed by atoms with van der Waals surface area (Å²) in [4.78, 5) is 16.4. The first-order chi connectivity index (χ1) is 7.12. The average molecular weight is 226 g/mol. The molecule has 0 aliphatic heterocycles. The summed E-state index contributed by atoms with van der Waals surface area (Å²) in [5, 5.41) is 11.9. The van der Waals surface area contributed by atoms with E-state index in [1.165, 1.54) is 11.3 Å². The van der Waals surface area contributed by atoms with E-state index in [2.05, 4.69) is 4.99 Å². The van der Waals surface area contributed by atoms with E-state index < -0.39 is 11.5 Å². The Hall–Kier alpha value is -0.940. The number of amides is 1. The number of aryl methyl sites for hydroxylation is 1. The molecule has 1 N–H and O–H groups in total. The second kappa shape index (κ2) is 3.90. The zero-order valence-electron chi connectivity index (χ0n) is 8.64. The lowest BCUT2D eigenvalue weighted by Gasteiger charge is -2.16. The highest BCUT2D eigenvalue weighted by molar-refractivity contribution is 7.07. The molecule has 82 valence electrons. The Bertz CT molecular complexity index is 427. The average Bonchev–Trinajstić information content (AvgIpc) is 2.78. The molecule has 15 heavy (non-hydrogen) atoms. The lowest BCUT2D eigenvalue weighted by molar-refractivity contribution is -0.135. The number of hydrogen-bond donors (Lipinski definition) is 1. The number of aromatic nitrogens is 1. The maximum absolute atomic E-state index is 11.8. The fourth-order valence-corrected chi connectivity index (χ4v) is 2.53. The Morgan fingerprint density at radius 3 is 2.80 bits per heavy atom. The van der Waals surface area contributed by atoms with Gasteiger partial charge in [-0.1, -0.05) is 0 Å². The third kappa shape index (κ3) is 2.03. The van der Waals surface area contributed by atoms with Gasteiger partial charge in [0.2, 0.25) is 0 Å². The van der Waals surface area contributed by atoms with Gasteiger partial charge >= 0.3 is 0 Å². The van der Waals surface area contributed by atoms with Crippen LogP contribution in [0.1, 0.15) is 25.7 Å². The maximum Gasteiger partial charge on any atom is 0.280 e. The molecular weight excluding hydrogens is 212 g/mol. The summed E-state index contributed by atoms with van der Waals surface area (Å²) < 4.78 is 1.78. The van der Waals surface area contributed by atoms with Gasteiger partial charge in [0.1, 0.15) is 5.60 Å². The summed E-state index contributed by atoms with van der Waals surface area (Å²) >= 11 is 1.40. The van der Waals surface area contributed by atoms with Crippen LogP contribution in [0.4, 0.5) is 0 Å². The van der Waals surface area contributed by atoms with Crippen molar-refractivity contribution in [1.29, 1.82) is 0 Å². The van der Waals surface area contributed by atoms with Crippen LogP contribution in [0, 0.1) is 0 Å². The van der Waals surface area contributed by atoms with Crippen molar-refractivity contribution in [3.63, 3.8) is 0 Å². The minimum atomic E-state index is -1.20. The molecule has 1 heterocycles. The molecule has 1 saturated carbocycles. The van der Waals surface area contributed by atoms with Crippen molar-refractivity contribution in [2.75, 3.05) is 0 Å². The zero-order valence-corrected chi connectivity index (χ0v) is 9.46. The quantitative estimate of drug-likeness (QED) is 0.770. The molecule has 1 aliphatic carbocycles. The van der Waals surface area contributed by atoms with Crippen LogP contribution in [0.2, 0.25) is 0 Å². The molecule has 2 rings (SSSR count). The van der Waals surface area contributed by atoms with Gasteiger partial charge in [-0.15, -0.1) is 11.3 Å². The van der Waals surface area contributed by atoms with E-state index >= 15 is 0 Å². The number of rotatable bonds is 1. The van der Waals surface area contributed by atoms with Crippen molar-refractivity contribution < 1.29 is 9.90 Å². The molecule has 1 aliphatic rings. The highest BCUT2D eigenvalue weighted by Gasteiger charge is 2.38. The van der Waals surface area contributed by atoms with Crippen LogP contribution >= 0.6 is 11.3 Å². The normalized spacial score (nSPS) is 20.8. The molecule has 1 amide bonds. The predicted molar refractivity (Wildman–Crippen MR) is 57.3 cm³/mol. The van der Waals surface area contributed by atoms with Crippen LogP contribution in [0.25, 0.3) is 0 Å². The van der Waals surface area contributed by atoms with Crippen molar-refractivity contribution in [3.8, 4) is 0 Å². The topological polar surface area (TPSA) is 54.6 Å². The number of aliphatic hydroxyl groups is 1. The summed E-state index contributed by atoms with van der Waals surface area (Å²) in [5.74, 6) is -0.391. The Morgan fingerprint density at radius 1 is 1.60 bits per heavy atom. The van der Waals surface area contributed by atoms with E-state index in [1.54, 1.807) is 4.57 Å². The second-order valence-electron chi connectivity index (χ2n) is 3.95. The van der Waals surface area contributed by atoms with E-state index in [-0.39, 0.29) is 0 Å². The van der Waals surface area contributed by atoms with Gasteiger partial charge in [0, 0.05) is 18.6 Å². The molecule has 1 aromatic heterocycles. The van der Waals surface area contributed by atoms with Crippen molar-refractivity contribution in [2.24, 2.45) is 12.0 Å². The molecule has 0 bridgehead atoms. The van der Waals surface area contributed by atoms with Gasteiger partial charge in [0.15, 0.2) is 4.80 Å². The van der Waals surface area contributed by atoms with Crippen LogP contribution in [-0.4, -0.2) is 21.2 Å². The number of thiazole rings is 1. The Morgan fingerprint density at radius 2 is 2.27 bits per heavy atom. The van der Waals surface area contributed by atoms with Gasteiger partial charge in [0.25, 0.3) is 5.91 Å². The van der Waals surface area contributed by atoms with Crippen LogP contribution in [-0.2, 0) is 11.8 Å². The van der Waals surface area contributed by atoms with Crippen molar-refractivity contribution in [3.05, 3.63) is 16.4 Å². The van der Waals surface area contributed by atoms with Crippen LogP contribution in [0.3, 0.4) is 0 Å². The molecule has 1 aromatic rings. The predicted octanol–water partition coefficient (Wildman–Crippen LogP) is 0.819. The number of carbonyl (C=O) groups excluding carboxylic acids is 1. The van der Waals surface area contributed by atoms with Gasteiger partial charge in [0.05, 0.1) is 0 Å². The molecule has 0 unspecified atom stereocenters. The van der Waals surface area contributed by atoms with E-state index in [0.29, 0.717) is 17.6 Å². The number of nitrogens with zero attached hydrogens (tertiary/aromatic N) is 2. The largest absolute Gasteiger partial charge is 0.380 e. The van der Waals surface area contributed by atoms with Gasteiger partial charge in [-0.3, -0.25) is 4.79 Å². The van der Waals surface area contributed by atoms with Crippen LogP contribution in [0.5, 0.6) is 0 Å². The summed E-state index contributed by atoms with van der Waals surface area (Å²) in [5.41, 5.74) is -1.20. The highest BCUT2D eigenvalue weighted by atomic mass is 32.1. The fraction of sp³-hybridized carbons (Fsp3) is 0.600. The molecule has 0 radical (unpaired) electrons.